The molecule has 1 unspecified atom stereocenters. The molecule has 1 atom stereocenters. The van der Waals surface area contributed by atoms with E-state index in [0.29, 0.717) is 12.6 Å². The zero-order chi connectivity index (χ0) is 20.8. The molecule has 0 bridgehead atoms. The van der Waals surface area contributed by atoms with Crippen molar-refractivity contribution in [2.45, 2.75) is 32.4 Å². The first-order valence-electron chi connectivity index (χ1n) is 11.3. The number of aliphatic hydroxyl groups excluding tert-OH is 1. The highest BCUT2D eigenvalue weighted by Gasteiger charge is 2.28. The van der Waals surface area contributed by atoms with Crippen LogP contribution in [0.3, 0.4) is 0 Å². The molecule has 0 aromatic heterocycles. The second-order valence-corrected chi connectivity index (χ2v) is 8.56. The Hall–Kier alpha value is -2.08. The van der Waals surface area contributed by atoms with Gasteiger partial charge in [0, 0.05) is 51.0 Å². The van der Waals surface area contributed by atoms with Crippen LogP contribution in [0.4, 0.5) is 5.69 Å². The van der Waals surface area contributed by atoms with E-state index in [4.69, 9.17) is 9.84 Å². The Morgan fingerprint density at radius 3 is 2.63 bits per heavy atom. The zero-order valence-electron chi connectivity index (χ0n) is 18.2. The SMILES string of the molecule is Cc1ccccc1N1CCN(C2CCCN(Cc3cccc(OCCO)c3)C2)CC1. The second-order valence-electron chi connectivity index (χ2n) is 8.56. The standard InChI is InChI=1S/C25H35N3O2/c1-21-6-2-3-10-25(21)28-14-12-27(13-15-28)23-8-5-11-26(20-23)19-22-7-4-9-24(18-22)30-17-16-29/h2-4,6-7,9-10,18,23,29H,5,8,11-17,19-20H2,1H3. The molecule has 0 amide bonds. The highest BCUT2D eigenvalue weighted by Crippen LogP contribution is 2.24. The summed E-state index contributed by atoms with van der Waals surface area (Å²) in [5.41, 5.74) is 4.06. The molecule has 0 aliphatic carbocycles. The monoisotopic (exact) mass is 409 g/mol. The lowest BCUT2D eigenvalue weighted by Crippen LogP contribution is -2.55. The molecule has 0 saturated carbocycles. The zero-order valence-corrected chi connectivity index (χ0v) is 18.2. The van der Waals surface area contributed by atoms with Crippen LogP contribution in [0.25, 0.3) is 0 Å². The molecule has 2 fully saturated rings. The number of para-hydroxylation sites is 1. The maximum atomic E-state index is 8.96. The number of piperazine rings is 1. The number of likely N-dealkylation sites (tertiary alicyclic amines) is 1. The first kappa shape index (κ1) is 21.2. The summed E-state index contributed by atoms with van der Waals surface area (Å²) in [6.45, 7) is 10.4. The molecule has 30 heavy (non-hydrogen) atoms. The number of hydrogen-bond acceptors (Lipinski definition) is 5. The normalized spacial score (nSPS) is 21.0. The Kier molecular flexibility index (Phi) is 7.26. The third kappa shape index (κ3) is 5.34. The van der Waals surface area contributed by atoms with Crippen molar-refractivity contribution >= 4 is 5.69 Å². The summed E-state index contributed by atoms with van der Waals surface area (Å²) in [5.74, 6) is 0.849. The summed E-state index contributed by atoms with van der Waals surface area (Å²) in [7, 11) is 0. The molecule has 4 rings (SSSR count). The Morgan fingerprint density at radius 1 is 1.00 bits per heavy atom. The van der Waals surface area contributed by atoms with Crippen LogP contribution >= 0.6 is 0 Å². The van der Waals surface area contributed by atoms with Crippen molar-refractivity contribution in [1.82, 2.24) is 9.80 Å². The number of anilines is 1. The van der Waals surface area contributed by atoms with Gasteiger partial charge in [-0.25, -0.2) is 0 Å². The van der Waals surface area contributed by atoms with Crippen molar-refractivity contribution in [2.24, 2.45) is 0 Å². The molecule has 2 aliphatic rings. The highest BCUT2D eigenvalue weighted by atomic mass is 16.5. The molecule has 162 valence electrons. The van der Waals surface area contributed by atoms with E-state index in [0.717, 1.165) is 45.0 Å². The number of rotatable bonds is 7. The number of benzene rings is 2. The summed E-state index contributed by atoms with van der Waals surface area (Å²) < 4.78 is 5.57. The van der Waals surface area contributed by atoms with Crippen LogP contribution in [0.5, 0.6) is 5.75 Å². The topological polar surface area (TPSA) is 39.2 Å². The average molecular weight is 410 g/mol. The molecule has 2 aromatic rings. The molecule has 2 saturated heterocycles. The van der Waals surface area contributed by atoms with Gasteiger partial charge in [0.15, 0.2) is 0 Å². The Bertz CT molecular complexity index is 804. The molecular formula is C25H35N3O2. The molecule has 2 heterocycles. The number of aryl methyl sites for hydroxylation is 1. The highest BCUT2D eigenvalue weighted by molar-refractivity contribution is 5.53. The predicted molar refractivity (Wildman–Crippen MR) is 122 cm³/mol. The van der Waals surface area contributed by atoms with Gasteiger partial charge >= 0.3 is 0 Å². The van der Waals surface area contributed by atoms with E-state index in [-0.39, 0.29) is 6.61 Å². The van der Waals surface area contributed by atoms with Crippen LogP contribution in [-0.2, 0) is 6.54 Å². The number of ether oxygens (including phenoxy) is 1. The summed E-state index contributed by atoms with van der Waals surface area (Å²) in [5, 5.41) is 8.96. The van der Waals surface area contributed by atoms with Gasteiger partial charge in [0.1, 0.15) is 12.4 Å². The molecular weight excluding hydrogens is 374 g/mol. The predicted octanol–water partition coefficient (Wildman–Crippen LogP) is 3.15. The minimum absolute atomic E-state index is 0.0507. The van der Waals surface area contributed by atoms with E-state index in [1.807, 2.05) is 12.1 Å². The van der Waals surface area contributed by atoms with E-state index >= 15 is 0 Å². The molecule has 5 nitrogen and oxygen atoms in total. The fraction of sp³-hybridized carbons (Fsp3) is 0.520. The van der Waals surface area contributed by atoms with Gasteiger partial charge in [0.2, 0.25) is 0 Å². The first-order chi connectivity index (χ1) is 14.7. The fourth-order valence-electron chi connectivity index (χ4n) is 4.87. The van der Waals surface area contributed by atoms with E-state index in [1.54, 1.807) is 0 Å². The lowest BCUT2D eigenvalue weighted by molar-refractivity contribution is 0.0887. The van der Waals surface area contributed by atoms with Crippen LogP contribution in [0.2, 0.25) is 0 Å². The van der Waals surface area contributed by atoms with Crippen molar-refractivity contribution in [3.63, 3.8) is 0 Å². The summed E-state index contributed by atoms with van der Waals surface area (Å²) in [4.78, 5) is 7.85. The molecule has 2 aliphatic heterocycles. The van der Waals surface area contributed by atoms with Crippen molar-refractivity contribution in [3.05, 3.63) is 59.7 Å². The van der Waals surface area contributed by atoms with Crippen molar-refractivity contribution < 1.29 is 9.84 Å². The maximum Gasteiger partial charge on any atom is 0.119 e. The molecule has 0 radical (unpaired) electrons. The summed E-state index contributed by atoms with van der Waals surface area (Å²) >= 11 is 0. The average Bonchev–Trinajstić information content (AvgIpc) is 2.79. The minimum Gasteiger partial charge on any atom is -0.491 e. The number of nitrogens with zero attached hydrogens (tertiary/aromatic N) is 3. The van der Waals surface area contributed by atoms with Crippen molar-refractivity contribution in [1.29, 1.82) is 0 Å². The van der Waals surface area contributed by atoms with Gasteiger partial charge < -0.3 is 14.7 Å². The van der Waals surface area contributed by atoms with Crippen LogP contribution in [-0.4, -0.2) is 73.4 Å². The Labute approximate surface area is 180 Å². The second kappa shape index (κ2) is 10.3. The lowest BCUT2D eigenvalue weighted by atomic mass is 10.0. The minimum atomic E-state index is 0.0507. The van der Waals surface area contributed by atoms with Gasteiger partial charge in [-0.15, -0.1) is 0 Å². The van der Waals surface area contributed by atoms with E-state index < -0.39 is 0 Å². The van der Waals surface area contributed by atoms with Crippen LogP contribution < -0.4 is 9.64 Å². The third-order valence-corrected chi connectivity index (χ3v) is 6.43. The first-order valence-corrected chi connectivity index (χ1v) is 11.3. The van der Waals surface area contributed by atoms with Crippen LogP contribution in [0.15, 0.2) is 48.5 Å². The Morgan fingerprint density at radius 2 is 1.83 bits per heavy atom. The third-order valence-electron chi connectivity index (χ3n) is 6.43. The molecule has 0 spiro atoms. The smallest absolute Gasteiger partial charge is 0.119 e. The van der Waals surface area contributed by atoms with Gasteiger partial charge in [-0.3, -0.25) is 9.80 Å². The van der Waals surface area contributed by atoms with Crippen molar-refractivity contribution in [3.8, 4) is 5.75 Å². The Balaban J connectivity index is 1.30. The number of hydrogen-bond donors (Lipinski definition) is 1. The lowest BCUT2D eigenvalue weighted by Gasteiger charge is -2.44. The quantitative estimate of drug-likeness (QED) is 0.761. The van der Waals surface area contributed by atoms with Gasteiger partial charge in [0.25, 0.3) is 0 Å². The summed E-state index contributed by atoms with van der Waals surface area (Å²) in [6.07, 6.45) is 2.57. The number of aliphatic hydroxyl groups is 1. The van der Waals surface area contributed by atoms with Gasteiger partial charge in [-0.1, -0.05) is 30.3 Å². The van der Waals surface area contributed by atoms with Crippen LogP contribution in [0.1, 0.15) is 24.0 Å². The van der Waals surface area contributed by atoms with Crippen molar-refractivity contribution in [2.75, 3.05) is 57.4 Å². The van der Waals surface area contributed by atoms with Gasteiger partial charge in [0.05, 0.1) is 6.61 Å². The van der Waals surface area contributed by atoms with Gasteiger partial charge in [-0.2, -0.15) is 0 Å². The van der Waals surface area contributed by atoms with E-state index in [2.05, 4.69) is 58.0 Å². The number of piperidine rings is 1. The summed E-state index contributed by atoms with van der Waals surface area (Å²) in [6, 6.07) is 17.7. The largest absolute Gasteiger partial charge is 0.491 e. The molecule has 5 heteroatoms. The maximum absolute atomic E-state index is 8.96. The van der Waals surface area contributed by atoms with Crippen LogP contribution in [0, 0.1) is 6.92 Å². The fourth-order valence-corrected chi connectivity index (χ4v) is 4.87. The molecule has 2 aromatic carbocycles. The van der Waals surface area contributed by atoms with Gasteiger partial charge in [-0.05, 0) is 55.6 Å². The molecule has 1 N–H and O–H groups in total. The van der Waals surface area contributed by atoms with E-state index in [1.165, 1.54) is 36.2 Å². The van der Waals surface area contributed by atoms with E-state index in [9.17, 15) is 0 Å².